The number of hydrogen-bond acceptors (Lipinski definition) is 2. The summed E-state index contributed by atoms with van der Waals surface area (Å²) >= 11 is 0. The van der Waals surface area contributed by atoms with Crippen LogP contribution in [0.5, 0.6) is 0 Å². The van der Waals surface area contributed by atoms with Crippen molar-refractivity contribution in [3.05, 3.63) is 220 Å². The van der Waals surface area contributed by atoms with Gasteiger partial charge in [0.05, 0.1) is 16.5 Å². The van der Waals surface area contributed by atoms with Crippen LogP contribution >= 0.6 is 0 Å². The molecule has 0 aliphatic heterocycles. The molecule has 10 aromatic rings. The summed E-state index contributed by atoms with van der Waals surface area (Å²) in [6.45, 7) is 11.0. The molecule has 9 aromatic carbocycles. The van der Waals surface area contributed by atoms with E-state index in [9.17, 15) is 0 Å². The van der Waals surface area contributed by atoms with Crippen LogP contribution in [-0.4, -0.2) is 0 Å². The number of rotatable bonds is 5. The normalized spacial score (nSPS) is 13.3. The fraction of sp³-hybridized carbons (Fsp3) is 0.123. The molecule has 4 heteroatoms. The summed E-state index contributed by atoms with van der Waals surface area (Å²) in [5.41, 5.74) is 12.8. The summed E-state index contributed by atoms with van der Waals surface area (Å²) in [4.78, 5) is 2.37. The lowest BCUT2D eigenvalue weighted by atomic mass is 9.66. The number of para-hydroxylation sites is 1. The van der Waals surface area contributed by atoms with Gasteiger partial charge in [-0.3, -0.25) is 0 Å². The monoisotopic (exact) mass is 795 g/mol. The first-order valence-corrected chi connectivity index (χ1v) is 21.0. The molecule has 0 radical (unpaired) electrons. The molecule has 0 spiro atoms. The molecule has 0 unspecified atom stereocenters. The van der Waals surface area contributed by atoms with E-state index in [1.54, 1.807) is 24.3 Å². The van der Waals surface area contributed by atoms with Crippen LogP contribution < -0.4 is 4.90 Å². The van der Waals surface area contributed by atoms with E-state index in [1.807, 2.05) is 36.4 Å². The molecule has 0 saturated carbocycles. The van der Waals surface area contributed by atoms with Gasteiger partial charge >= 0.3 is 0 Å². The number of furan rings is 1. The Bertz CT molecular complexity index is 3310. The van der Waals surface area contributed by atoms with Crippen molar-refractivity contribution in [2.24, 2.45) is 0 Å². The van der Waals surface area contributed by atoms with Crippen LogP contribution in [0.2, 0.25) is 0 Å². The van der Waals surface area contributed by atoms with Gasteiger partial charge in [0.25, 0.3) is 0 Å². The Morgan fingerprint density at radius 2 is 1.03 bits per heavy atom. The fourth-order valence-electron chi connectivity index (χ4n) is 10.3. The van der Waals surface area contributed by atoms with Gasteiger partial charge in [0.1, 0.15) is 22.8 Å². The molecule has 0 saturated heterocycles. The van der Waals surface area contributed by atoms with Crippen LogP contribution in [0.4, 0.5) is 25.8 Å². The van der Waals surface area contributed by atoms with E-state index in [0.29, 0.717) is 0 Å². The van der Waals surface area contributed by atoms with Gasteiger partial charge < -0.3 is 9.32 Å². The van der Waals surface area contributed by atoms with E-state index in [2.05, 4.69) is 149 Å². The number of fused-ring (bicyclic) bond motifs is 12. The van der Waals surface area contributed by atoms with Crippen LogP contribution in [0.3, 0.4) is 0 Å². The molecule has 0 bridgehead atoms. The minimum Gasteiger partial charge on any atom is -0.455 e. The minimum atomic E-state index is -1.04. The maximum atomic E-state index is 15.2. The summed E-state index contributed by atoms with van der Waals surface area (Å²) in [6, 6.07) is 57.2. The highest BCUT2D eigenvalue weighted by atomic mass is 19.1. The molecule has 0 atom stereocenters. The van der Waals surface area contributed by atoms with E-state index in [4.69, 9.17) is 4.42 Å². The molecule has 1 aromatic heterocycles. The summed E-state index contributed by atoms with van der Waals surface area (Å²) in [7, 11) is 0. The number of anilines is 3. The molecule has 296 valence electrons. The zero-order valence-corrected chi connectivity index (χ0v) is 34.8. The second-order valence-electron chi connectivity index (χ2n) is 17.7. The van der Waals surface area contributed by atoms with Crippen molar-refractivity contribution in [2.45, 2.75) is 45.4 Å². The molecule has 1 aliphatic rings. The number of hydrogen-bond donors (Lipinski definition) is 0. The van der Waals surface area contributed by atoms with Gasteiger partial charge in [-0.25, -0.2) is 8.78 Å². The lowest BCUT2D eigenvalue weighted by Crippen LogP contribution is -2.29. The Hall–Kier alpha value is -7.04. The molecule has 61 heavy (non-hydrogen) atoms. The average Bonchev–Trinajstić information content (AvgIpc) is 3.79. The molecule has 0 fully saturated rings. The summed E-state index contributed by atoms with van der Waals surface area (Å²) in [5, 5.41) is 6.38. The smallest absolute Gasteiger partial charge is 0.145 e. The highest BCUT2D eigenvalue weighted by Gasteiger charge is 2.50. The Balaban J connectivity index is 1.39. The highest BCUT2D eigenvalue weighted by Crippen LogP contribution is 2.64. The third kappa shape index (κ3) is 5.51. The zero-order valence-electron chi connectivity index (χ0n) is 34.8. The van der Waals surface area contributed by atoms with E-state index >= 15 is 8.78 Å². The standard InChI is InChI=1S/C57H43F2NO/c1-34-30-35(2)32-42(31-34)60(41-28-22-36(23-29-41)56(3,4)5)49-33-48-53(55-51(49)47-16-10-11-17-50(47)61-55)52-45-14-8-6-12-43(45)44-13-7-9-15-46(44)54(52)57(48,37-18-24-39(58)25-19-37)38-20-26-40(59)27-21-38/h6-33H,1-5H3. The Kier molecular flexibility index (Phi) is 8.18. The first-order chi connectivity index (χ1) is 29.5. The fourth-order valence-corrected chi connectivity index (χ4v) is 10.3. The number of aryl methyl sites for hydroxylation is 2. The first-order valence-electron chi connectivity index (χ1n) is 21.0. The van der Waals surface area contributed by atoms with Crippen LogP contribution in [0, 0.1) is 25.5 Å². The van der Waals surface area contributed by atoms with Crippen molar-refractivity contribution < 1.29 is 13.2 Å². The van der Waals surface area contributed by atoms with E-state index < -0.39 is 5.41 Å². The third-order valence-corrected chi connectivity index (χ3v) is 12.8. The SMILES string of the molecule is Cc1cc(C)cc(N(c2ccc(C(C)(C)C)cc2)c2cc3c(c4oc5ccccc5c24)-c2c(c4ccccc4c4ccccc24)C3(c2ccc(F)cc2)c2ccc(F)cc2)c1. The molecular weight excluding hydrogens is 753 g/mol. The Morgan fingerprint density at radius 3 is 1.62 bits per heavy atom. The number of halogens is 2. The summed E-state index contributed by atoms with van der Waals surface area (Å²) in [6.07, 6.45) is 0. The van der Waals surface area contributed by atoms with Crippen molar-refractivity contribution in [3.63, 3.8) is 0 Å². The Morgan fingerprint density at radius 1 is 0.508 bits per heavy atom. The van der Waals surface area contributed by atoms with Crippen LogP contribution in [0.1, 0.15) is 59.7 Å². The van der Waals surface area contributed by atoms with Crippen molar-refractivity contribution >= 4 is 60.5 Å². The first kappa shape index (κ1) is 37.0. The van der Waals surface area contributed by atoms with Crippen molar-refractivity contribution in [1.29, 1.82) is 0 Å². The summed E-state index contributed by atoms with van der Waals surface area (Å²) in [5.74, 6) is -0.652. The molecule has 1 aliphatic carbocycles. The molecular formula is C57H43F2NO. The predicted molar refractivity (Wildman–Crippen MR) is 249 cm³/mol. The van der Waals surface area contributed by atoms with Gasteiger partial charge in [-0.1, -0.05) is 130 Å². The zero-order chi connectivity index (χ0) is 41.8. The molecule has 11 rings (SSSR count). The minimum absolute atomic E-state index is 0.0356. The van der Waals surface area contributed by atoms with E-state index in [1.165, 1.54) is 5.56 Å². The lowest BCUT2D eigenvalue weighted by molar-refractivity contribution is 0.590. The van der Waals surface area contributed by atoms with Gasteiger partial charge in [0.15, 0.2) is 0 Å². The van der Waals surface area contributed by atoms with E-state index in [-0.39, 0.29) is 17.0 Å². The van der Waals surface area contributed by atoms with Crippen LogP contribution in [0.15, 0.2) is 174 Å². The average molecular weight is 796 g/mol. The number of benzene rings is 9. The van der Waals surface area contributed by atoms with Crippen molar-refractivity contribution in [1.82, 2.24) is 0 Å². The quantitative estimate of drug-likeness (QED) is 0.161. The van der Waals surface area contributed by atoms with Gasteiger partial charge in [0.2, 0.25) is 0 Å². The molecule has 1 heterocycles. The van der Waals surface area contributed by atoms with Gasteiger partial charge in [-0.2, -0.15) is 0 Å². The largest absolute Gasteiger partial charge is 0.455 e. The van der Waals surface area contributed by atoms with Crippen LogP contribution in [0.25, 0.3) is 54.6 Å². The third-order valence-electron chi connectivity index (χ3n) is 12.8. The molecule has 0 amide bonds. The topological polar surface area (TPSA) is 16.4 Å². The Labute approximate surface area is 354 Å². The second-order valence-corrected chi connectivity index (χ2v) is 17.7. The maximum absolute atomic E-state index is 15.2. The van der Waals surface area contributed by atoms with Gasteiger partial charge in [-0.15, -0.1) is 0 Å². The maximum Gasteiger partial charge on any atom is 0.145 e. The van der Waals surface area contributed by atoms with Crippen molar-refractivity contribution in [2.75, 3.05) is 4.90 Å². The molecule has 0 N–H and O–H groups in total. The lowest BCUT2D eigenvalue weighted by Gasteiger charge is -2.36. The summed E-state index contributed by atoms with van der Waals surface area (Å²) < 4.78 is 37.6. The number of nitrogens with zero attached hydrogens (tertiary/aromatic N) is 1. The van der Waals surface area contributed by atoms with Crippen LogP contribution in [-0.2, 0) is 10.8 Å². The second kappa shape index (κ2) is 13.5. The predicted octanol–water partition coefficient (Wildman–Crippen LogP) is 15.9. The molecule has 2 nitrogen and oxygen atoms in total. The van der Waals surface area contributed by atoms with E-state index in [0.717, 1.165) is 105 Å². The van der Waals surface area contributed by atoms with Gasteiger partial charge in [0, 0.05) is 22.3 Å². The van der Waals surface area contributed by atoms with Gasteiger partial charge in [-0.05, 0) is 146 Å². The highest BCUT2D eigenvalue weighted by molar-refractivity contribution is 6.25. The van der Waals surface area contributed by atoms with Crippen molar-refractivity contribution in [3.8, 4) is 11.1 Å².